The van der Waals surface area contributed by atoms with Crippen molar-refractivity contribution in [1.82, 2.24) is 4.57 Å². The molecule has 0 atom stereocenters. The fraction of sp³-hybridized carbons (Fsp3) is 0.211. The van der Waals surface area contributed by atoms with Gasteiger partial charge in [-0.15, -0.1) is 0 Å². The largest absolute Gasteiger partial charge is 0.350 e. The second kappa shape index (κ2) is 4.32. The van der Waals surface area contributed by atoms with Gasteiger partial charge in [-0.1, -0.05) is 48.5 Å². The van der Waals surface area contributed by atoms with Crippen LogP contribution in [0, 0.1) is 0 Å². The molecule has 1 saturated carbocycles. The molecule has 2 heteroatoms. The van der Waals surface area contributed by atoms with Crippen molar-refractivity contribution in [2.24, 2.45) is 7.05 Å². The molecule has 1 aliphatic carbocycles. The van der Waals surface area contributed by atoms with E-state index in [4.69, 9.17) is 0 Å². The molecule has 1 aromatic heterocycles. The molecule has 0 bridgehead atoms. The second-order valence-electron chi connectivity index (χ2n) is 5.95. The molecule has 0 radical (unpaired) electrons. The predicted octanol–water partition coefficient (Wildman–Crippen LogP) is 4.09. The van der Waals surface area contributed by atoms with Crippen LogP contribution in [0.2, 0.25) is 0 Å². The van der Waals surface area contributed by atoms with Gasteiger partial charge >= 0.3 is 0 Å². The molecule has 2 aromatic carbocycles. The highest BCUT2D eigenvalue weighted by atomic mass is 16.1. The van der Waals surface area contributed by atoms with Crippen molar-refractivity contribution in [3.8, 4) is 0 Å². The first-order valence-electron chi connectivity index (χ1n) is 7.37. The van der Waals surface area contributed by atoms with Gasteiger partial charge in [-0.3, -0.25) is 4.79 Å². The van der Waals surface area contributed by atoms with Crippen LogP contribution in [0.1, 0.15) is 28.8 Å². The van der Waals surface area contributed by atoms with Crippen LogP contribution in [0.5, 0.6) is 0 Å². The lowest BCUT2D eigenvalue weighted by Gasteiger charge is -2.13. The van der Waals surface area contributed by atoms with Gasteiger partial charge in [0.2, 0.25) is 0 Å². The van der Waals surface area contributed by atoms with Gasteiger partial charge in [0.1, 0.15) is 0 Å². The van der Waals surface area contributed by atoms with Crippen LogP contribution in [-0.4, -0.2) is 10.4 Å². The third kappa shape index (κ3) is 1.75. The number of ketones is 1. The maximum absolute atomic E-state index is 13.1. The van der Waals surface area contributed by atoms with Gasteiger partial charge in [-0.05, 0) is 24.5 Å². The van der Waals surface area contributed by atoms with Crippen LogP contribution < -0.4 is 0 Å². The second-order valence-corrected chi connectivity index (χ2v) is 5.95. The molecule has 0 aliphatic heterocycles. The smallest absolute Gasteiger partial charge is 0.175 e. The molecule has 0 spiro atoms. The highest BCUT2D eigenvalue weighted by Crippen LogP contribution is 2.51. The van der Waals surface area contributed by atoms with Crippen molar-refractivity contribution in [3.05, 3.63) is 71.9 Å². The van der Waals surface area contributed by atoms with E-state index in [1.165, 1.54) is 0 Å². The number of aryl methyl sites for hydroxylation is 1. The number of rotatable bonds is 3. The van der Waals surface area contributed by atoms with E-state index in [0.717, 1.165) is 34.9 Å². The molecular weight excluding hydrogens is 258 g/mol. The van der Waals surface area contributed by atoms with Crippen LogP contribution in [-0.2, 0) is 12.5 Å². The Morgan fingerprint density at radius 1 is 1.00 bits per heavy atom. The Balaban J connectivity index is 1.85. The van der Waals surface area contributed by atoms with Crippen molar-refractivity contribution >= 4 is 16.7 Å². The van der Waals surface area contributed by atoms with Crippen molar-refractivity contribution < 1.29 is 4.79 Å². The molecular formula is C19H17NO. The van der Waals surface area contributed by atoms with Gasteiger partial charge in [0.15, 0.2) is 5.78 Å². The van der Waals surface area contributed by atoms with Gasteiger partial charge < -0.3 is 4.57 Å². The van der Waals surface area contributed by atoms with Gasteiger partial charge in [-0.2, -0.15) is 0 Å². The maximum Gasteiger partial charge on any atom is 0.175 e. The third-order valence-electron chi connectivity index (χ3n) is 4.65. The van der Waals surface area contributed by atoms with Gasteiger partial charge in [0.25, 0.3) is 0 Å². The first kappa shape index (κ1) is 12.4. The summed E-state index contributed by atoms with van der Waals surface area (Å²) in [5.74, 6) is 0.269. The standard InChI is InChI=1S/C19H17NO/c1-20-13-16(15-9-5-6-10-17(15)20)18(21)19(11-12-19)14-7-3-2-4-8-14/h2-10,13H,11-12H2,1H3. The van der Waals surface area contributed by atoms with Gasteiger partial charge in [-0.25, -0.2) is 0 Å². The third-order valence-corrected chi connectivity index (χ3v) is 4.65. The molecule has 1 fully saturated rings. The summed E-state index contributed by atoms with van der Waals surface area (Å²) in [4.78, 5) is 13.1. The fourth-order valence-electron chi connectivity index (χ4n) is 3.31. The minimum atomic E-state index is -0.286. The number of fused-ring (bicyclic) bond motifs is 1. The number of carbonyl (C=O) groups excluding carboxylic acids is 1. The predicted molar refractivity (Wildman–Crippen MR) is 84.6 cm³/mol. The number of carbonyl (C=O) groups is 1. The lowest BCUT2D eigenvalue weighted by atomic mass is 9.87. The number of benzene rings is 2. The normalized spacial score (nSPS) is 16.0. The van der Waals surface area contributed by atoms with E-state index in [2.05, 4.69) is 18.2 Å². The number of para-hydroxylation sites is 1. The number of Topliss-reactive ketones (excluding diaryl/α,β-unsaturated/α-hetero) is 1. The summed E-state index contributed by atoms with van der Waals surface area (Å²) in [5, 5.41) is 1.06. The van der Waals surface area contributed by atoms with Crippen LogP contribution >= 0.6 is 0 Å². The Morgan fingerprint density at radius 3 is 2.38 bits per heavy atom. The highest BCUT2D eigenvalue weighted by Gasteiger charge is 2.51. The van der Waals surface area contributed by atoms with E-state index in [9.17, 15) is 4.79 Å². The first-order valence-corrected chi connectivity index (χ1v) is 7.37. The van der Waals surface area contributed by atoms with Crippen molar-refractivity contribution in [2.45, 2.75) is 18.3 Å². The van der Waals surface area contributed by atoms with E-state index in [-0.39, 0.29) is 11.2 Å². The Kier molecular flexibility index (Phi) is 2.55. The topological polar surface area (TPSA) is 22.0 Å². The maximum atomic E-state index is 13.1. The summed E-state index contributed by atoms with van der Waals surface area (Å²) in [5.41, 5.74) is 2.84. The summed E-state index contributed by atoms with van der Waals surface area (Å²) in [7, 11) is 2.00. The molecule has 0 saturated heterocycles. The average molecular weight is 275 g/mol. The Labute approximate surface area is 124 Å². The summed E-state index contributed by atoms with van der Waals surface area (Å²) >= 11 is 0. The van der Waals surface area contributed by atoms with E-state index in [1.807, 2.05) is 54.2 Å². The van der Waals surface area contributed by atoms with E-state index in [0.29, 0.717) is 0 Å². The Hall–Kier alpha value is -2.35. The molecule has 0 amide bonds. The van der Waals surface area contributed by atoms with Crippen LogP contribution in [0.25, 0.3) is 10.9 Å². The molecule has 104 valence electrons. The molecule has 4 rings (SSSR count). The van der Waals surface area contributed by atoms with Crippen molar-refractivity contribution in [1.29, 1.82) is 0 Å². The SMILES string of the molecule is Cn1cc(C(=O)C2(c3ccccc3)CC2)c2ccccc21. The molecule has 0 N–H and O–H groups in total. The summed E-state index contributed by atoms with van der Waals surface area (Å²) in [6.45, 7) is 0. The summed E-state index contributed by atoms with van der Waals surface area (Å²) in [6, 6.07) is 18.3. The lowest BCUT2D eigenvalue weighted by Crippen LogP contribution is -2.20. The molecule has 0 unspecified atom stereocenters. The Morgan fingerprint density at radius 2 is 1.67 bits per heavy atom. The zero-order chi connectivity index (χ0) is 14.4. The van der Waals surface area contributed by atoms with E-state index in [1.54, 1.807) is 0 Å². The van der Waals surface area contributed by atoms with Crippen molar-refractivity contribution in [2.75, 3.05) is 0 Å². The van der Waals surface area contributed by atoms with Gasteiger partial charge in [0.05, 0.1) is 5.41 Å². The zero-order valence-electron chi connectivity index (χ0n) is 12.0. The minimum Gasteiger partial charge on any atom is -0.350 e. The highest BCUT2D eigenvalue weighted by molar-refractivity contribution is 6.14. The molecule has 21 heavy (non-hydrogen) atoms. The quantitative estimate of drug-likeness (QED) is 0.660. The first-order chi connectivity index (χ1) is 10.2. The number of nitrogens with zero attached hydrogens (tertiary/aromatic N) is 1. The zero-order valence-corrected chi connectivity index (χ0v) is 12.0. The fourth-order valence-corrected chi connectivity index (χ4v) is 3.31. The average Bonchev–Trinajstić information content (AvgIpc) is 3.28. The molecule has 2 nitrogen and oxygen atoms in total. The van der Waals surface area contributed by atoms with Crippen molar-refractivity contribution in [3.63, 3.8) is 0 Å². The summed E-state index contributed by atoms with van der Waals surface area (Å²) < 4.78 is 2.05. The lowest BCUT2D eigenvalue weighted by molar-refractivity contribution is 0.0947. The molecule has 1 aliphatic rings. The number of hydrogen-bond donors (Lipinski definition) is 0. The van der Waals surface area contributed by atoms with Crippen LogP contribution in [0.4, 0.5) is 0 Å². The minimum absolute atomic E-state index is 0.269. The summed E-state index contributed by atoms with van der Waals surface area (Å²) in [6.07, 6.45) is 3.90. The number of hydrogen-bond acceptors (Lipinski definition) is 1. The monoisotopic (exact) mass is 275 g/mol. The van der Waals surface area contributed by atoms with Crippen LogP contribution in [0.15, 0.2) is 60.8 Å². The van der Waals surface area contributed by atoms with E-state index < -0.39 is 0 Å². The number of aromatic nitrogens is 1. The van der Waals surface area contributed by atoms with Gasteiger partial charge in [0, 0.05) is 29.7 Å². The molecule has 1 heterocycles. The molecule has 3 aromatic rings. The van der Waals surface area contributed by atoms with E-state index >= 15 is 0 Å². The van der Waals surface area contributed by atoms with Crippen LogP contribution in [0.3, 0.4) is 0 Å². The Bertz CT molecular complexity index is 825.